The maximum Gasteiger partial charge on any atom is 0.250 e. The van der Waals surface area contributed by atoms with Crippen molar-refractivity contribution in [3.05, 3.63) is 70.3 Å². The van der Waals surface area contributed by atoms with Gasteiger partial charge >= 0.3 is 0 Å². The van der Waals surface area contributed by atoms with Crippen molar-refractivity contribution in [2.45, 2.75) is 44.2 Å². The third kappa shape index (κ3) is 5.37. The minimum absolute atomic E-state index is 0.0898. The summed E-state index contributed by atoms with van der Waals surface area (Å²) in [6.07, 6.45) is 8.50. The van der Waals surface area contributed by atoms with Gasteiger partial charge < -0.3 is 20.7 Å². The number of aromatic nitrogens is 4. The molecule has 0 radical (unpaired) electrons. The molecule has 5 heterocycles. The Kier molecular flexibility index (Phi) is 7.44. The highest BCUT2D eigenvalue weighted by Crippen LogP contribution is 2.41. The van der Waals surface area contributed by atoms with Gasteiger partial charge in [-0.1, -0.05) is 30.7 Å². The van der Waals surface area contributed by atoms with Crippen molar-refractivity contribution in [2.24, 2.45) is 5.73 Å². The number of ether oxygens (including phenoxy) is 1. The predicted molar refractivity (Wildman–Crippen MR) is 161 cm³/mol. The van der Waals surface area contributed by atoms with Crippen LogP contribution in [0.4, 0.5) is 10.2 Å². The van der Waals surface area contributed by atoms with Crippen LogP contribution in [-0.2, 0) is 5.41 Å². The number of carbonyl (C=O) groups is 1. The Balaban J connectivity index is 1.23. The number of piperidine rings is 1. The number of amides is 1. The number of carbonyl (C=O) groups excluding carboxylic acids is 1. The van der Waals surface area contributed by atoms with Crippen LogP contribution in [0, 0.1) is 18.3 Å². The first-order chi connectivity index (χ1) is 20.6. The standard InChI is InChI=1S/C31H32ClFN8O2/c1-19-3-4-23(27(32)26(19)29(35)42)30(2)6-9-40(10-7-30)25-15-37-24(14-38-25)22-11-21(43-18-31(33)5-8-36-17-31)16-41-28(22)20(12-34)13-39-41/h3-4,11,13-16,36H,5-10,17-18H2,1-2H3,(H2,35,42). The van der Waals surface area contributed by atoms with E-state index in [-0.39, 0.29) is 18.6 Å². The molecule has 2 fully saturated rings. The number of anilines is 1. The molecule has 0 saturated carbocycles. The fourth-order valence-corrected chi connectivity index (χ4v) is 6.60. The van der Waals surface area contributed by atoms with Crippen molar-refractivity contribution >= 4 is 28.8 Å². The van der Waals surface area contributed by atoms with Crippen molar-refractivity contribution in [3.63, 3.8) is 0 Å². The second-order valence-electron chi connectivity index (χ2n) is 11.7. The maximum atomic E-state index is 14.9. The number of nitriles is 1. The summed E-state index contributed by atoms with van der Waals surface area (Å²) in [7, 11) is 0. The van der Waals surface area contributed by atoms with Crippen LogP contribution in [0.1, 0.15) is 53.2 Å². The van der Waals surface area contributed by atoms with E-state index in [0.29, 0.717) is 51.6 Å². The lowest BCUT2D eigenvalue weighted by molar-refractivity contribution is 0.0999. The monoisotopic (exact) mass is 602 g/mol. The minimum atomic E-state index is -1.43. The number of halogens is 2. The van der Waals surface area contributed by atoms with Crippen LogP contribution in [0.5, 0.6) is 5.75 Å². The van der Waals surface area contributed by atoms with Gasteiger partial charge in [-0.05, 0) is 55.3 Å². The highest BCUT2D eigenvalue weighted by atomic mass is 35.5. The third-order valence-corrected chi connectivity index (χ3v) is 9.14. The summed E-state index contributed by atoms with van der Waals surface area (Å²) in [4.78, 5) is 23.6. The highest BCUT2D eigenvalue weighted by molar-refractivity contribution is 6.34. The van der Waals surface area contributed by atoms with E-state index in [1.165, 1.54) is 6.20 Å². The molecule has 222 valence electrons. The van der Waals surface area contributed by atoms with Gasteiger partial charge in [-0.15, -0.1) is 0 Å². The van der Waals surface area contributed by atoms with Gasteiger partial charge in [-0.2, -0.15) is 10.4 Å². The Morgan fingerprint density at radius 3 is 2.67 bits per heavy atom. The molecule has 1 amide bonds. The third-order valence-electron chi connectivity index (χ3n) is 8.75. The smallest absolute Gasteiger partial charge is 0.250 e. The Morgan fingerprint density at radius 2 is 2.02 bits per heavy atom. The number of nitrogens with zero attached hydrogens (tertiary/aromatic N) is 6. The fourth-order valence-electron chi connectivity index (χ4n) is 6.07. The predicted octanol–water partition coefficient (Wildman–Crippen LogP) is 4.36. The maximum absolute atomic E-state index is 14.9. The van der Waals surface area contributed by atoms with Gasteiger partial charge in [0.15, 0.2) is 5.67 Å². The topological polar surface area (TPSA) is 134 Å². The van der Waals surface area contributed by atoms with E-state index in [9.17, 15) is 14.4 Å². The largest absolute Gasteiger partial charge is 0.489 e. The molecule has 2 aliphatic rings. The van der Waals surface area contributed by atoms with Crippen LogP contribution in [0.25, 0.3) is 16.8 Å². The first-order valence-corrected chi connectivity index (χ1v) is 14.6. The number of benzene rings is 1. The van der Waals surface area contributed by atoms with E-state index in [4.69, 9.17) is 32.0 Å². The normalized spacial score (nSPS) is 19.8. The highest BCUT2D eigenvalue weighted by Gasteiger charge is 2.36. The molecule has 43 heavy (non-hydrogen) atoms. The van der Waals surface area contributed by atoms with E-state index >= 15 is 0 Å². The summed E-state index contributed by atoms with van der Waals surface area (Å²) < 4.78 is 22.4. The number of nitrogens with two attached hydrogens (primary N) is 1. The van der Waals surface area contributed by atoms with E-state index in [0.717, 1.165) is 42.9 Å². The molecule has 0 spiro atoms. The first kappa shape index (κ1) is 28.8. The van der Waals surface area contributed by atoms with Gasteiger partial charge in [0.05, 0.1) is 52.1 Å². The molecule has 1 atom stereocenters. The molecular weight excluding hydrogens is 571 g/mol. The summed E-state index contributed by atoms with van der Waals surface area (Å²) in [5.74, 6) is 0.629. The molecule has 0 bridgehead atoms. The molecule has 3 N–H and O–H groups in total. The van der Waals surface area contributed by atoms with Gasteiger partial charge in [0, 0.05) is 25.2 Å². The fraction of sp³-hybridized carbons (Fsp3) is 0.387. The molecular formula is C31H32ClFN8O2. The summed E-state index contributed by atoms with van der Waals surface area (Å²) >= 11 is 6.69. The lowest BCUT2D eigenvalue weighted by atomic mass is 9.73. The van der Waals surface area contributed by atoms with Crippen molar-refractivity contribution in [1.82, 2.24) is 24.9 Å². The molecule has 0 aliphatic carbocycles. The van der Waals surface area contributed by atoms with Gasteiger partial charge in [0.2, 0.25) is 5.91 Å². The molecule has 4 aromatic rings. The van der Waals surface area contributed by atoms with Crippen molar-refractivity contribution in [2.75, 3.05) is 37.7 Å². The number of hydrogen-bond donors (Lipinski definition) is 2. The van der Waals surface area contributed by atoms with Crippen LogP contribution in [0.15, 0.2) is 43.0 Å². The molecule has 2 saturated heterocycles. The lowest BCUT2D eigenvalue weighted by Crippen LogP contribution is -2.41. The SMILES string of the molecule is Cc1ccc(C2(C)CCN(c3cnc(-c4cc(OCC5(F)CCNC5)cn5ncc(C#N)c45)cn3)CC2)c(Cl)c1C(N)=O. The number of rotatable bonds is 7. The summed E-state index contributed by atoms with van der Waals surface area (Å²) in [5, 5.41) is 17.5. The Hall–Kier alpha value is -4.27. The van der Waals surface area contributed by atoms with E-state index in [1.54, 1.807) is 29.2 Å². The van der Waals surface area contributed by atoms with Crippen molar-refractivity contribution < 1.29 is 13.9 Å². The Morgan fingerprint density at radius 1 is 1.23 bits per heavy atom. The van der Waals surface area contributed by atoms with Crippen LogP contribution in [0.2, 0.25) is 5.02 Å². The van der Waals surface area contributed by atoms with Crippen LogP contribution in [0.3, 0.4) is 0 Å². The quantitative estimate of drug-likeness (QED) is 0.319. The van der Waals surface area contributed by atoms with Crippen molar-refractivity contribution in [3.8, 4) is 23.1 Å². The molecule has 10 nitrogen and oxygen atoms in total. The van der Waals surface area contributed by atoms with E-state index in [1.807, 2.05) is 19.1 Å². The molecule has 2 aliphatic heterocycles. The van der Waals surface area contributed by atoms with E-state index < -0.39 is 11.6 Å². The summed E-state index contributed by atoms with van der Waals surface area (Å²) in [6.45, 7) is 6.20. The average Bonchev–Trinajstić information content (AvgIpc) is 3.62. The van der Waals surface area contributed by atoms with Crippen LogP contribution < -0.4 is 20.7 Å². The average molecular weight is 603 g/mol. The molecule has 12 heteroatoms. The first-order valence-electron chi connectivity index (χ1n) is 14.2. The number of alkyl halides is 1. The molecule has 3 aromatic heterocycles. The van der Waals surface area contributed by atoms with E-state index in [2.05, 4.69) is 28.3 Å². The second-order valence-corrected chi connectivity index (χ2v) is 12.1. The van der Waals surface area contributed by atoms with Crippen LogP contribution in [-0.4, -0.2) is 63.9 Å². The number of aryl methyl sites for hydroxylation is 1. The van der Waals surface area contributed by atoms with Crippen LogP contribution >= 0.6 is 11.6 Å². The zero-order valence-corrected chi connectivity index (χ0v) is 24.8. The number of hydrogen-bond acceptors (Lipinski definition) is 8. The number of nitrogens with one attached hydrogen (secondary N) is 1. The zero-order valence-electron chi connectivity index (χ0n) is 24.0. The second kappa shape index (κ2) is 11.1. The Bertz CT molecular complexity index is 1740. The molecule has 6 rings (SSSR count). The minimum Gasteiger partial charge on any atom is -0.489 e. The van der Waals surface area contributed by atoms with Gasteiger partial charge in [-0.3, -0.25) is 9.78 Å². The number of pyridine rings is 1. The van der Waals surface area contributed by atoms with Gasteiger partial charge in [0.25, 0.3) is 0 Å². The summed E-state index contributed by atoms with van der Waals surface area (Å²) in [6, 6.07) is 7.83. The Labute approximate surface area is 253 Å². The number of primary amides is 1. The van der Waals surface area contributed by atoms with Gasteiger partial charge in [0.1, 0.15) is 24.2 Å². The number of fused-ring (bicyclic) bond motifs is 1. The van der Waals surface area contributed by atoms with Crippen molar-refractivity contribution in [1.29, 1.82) is 5.26 Å². The van der Waals surface area contributed by atoms with Gasteiger partial charge in [-0.25, -0.2) is 13.9 Å². The lowest BCUT2D eigenvalue weighted by Gasteiger charge is -2.41. The molecule has 1 aromatic carbocycles. The molecule has 1 unspecified atom stereocenters. The zero-order chi connectivity index (χ0) is 30.4. The summed E-state index contributed by atoms with van der Waals surface area (Å²) in [5.41, 5.74) is 8.15.